The molecule has 2 aromatic carbocycles. The van der Waals surface area contributed by atoms with Crippen LogP contribution in [0.25, 0.3) is 33.4 Å². The van der Waals surface area contributed by atoms with Crippen LogP contribution in [0.3, 0.4) is 0 Å². The van der Waals surface area contributed by atoms with E-state index in [0.29, 0.717) is 42.3 Å². The van der Waals surface area contributed by atoms with E-state index in [4.69, 9.17) is 14.6 Å². The minimum absolute atomic E-state index is 0.217. The molecule has 3 amide bonds. The van der Waals surface area contributed by atoms with Gasteiger partial charge < -0.3 is 24.6 Å². The average Bonchev–Trinajstić information content (AvgIpc) is 3.33. The molecule has 0 bridgehead atoms. The van der Waals surface area contributed by atoms with Crippen LogP contribution in [0.5, 0.6) is 5.75 Å². The highest BCUT2D eigenvalue weighted by molar-refractivity contribution is 6.01. The standard InChI is InChI=1S/C30H35N7O4/c1-19-16-36(29(39)41-30(2,3)4)12-13-37(19)28(38)33-24-14-21-23(15-25(24)40-6)31-18-32-27(21)22-17-35(5)34-26(22)20-10-8-7-9-11-20/h7-11,14-15,17-19H,12-13,16H2,1-6H3,(H,33,38)/t19-/m0/s1. The quantitative estimate of drug-likeness (QED) is 0.368. The highest BCUT2D eigenvalue weighted by Gasteiger charge is 2.32. The number of nitrogens with one attached hydrogen (secondary N) is 1. The molecule has 2 aromatic heterocycles. The number of carbonyl (C=O) groups excluding carboxylic acids is 2. The molecule has 214 valence electrons. The van der Waals surface area contributed by atoms with Crippen LogP contribution in [-0.4, -0.2) is 80.1 Å². The molecular formula is C30H35N7O4. The van der Waals surface area contributed by atoms with Crippen LogP contribution >= 0.6 is 0 Å². The summed E-state index contributed by atoms with van der Waals surface area (Å²) < 4.78 is 12.9. The highest BCUT2D eigenvalue weighted by Crippen LogP contribution is 2.37. The smallest absolute Gasteiger partial charge is 0.410 e. The largest absolute Gasteiger partial charge is 0.494 e. The summed E-state index contributed by atoms with van der Waals surface area (Å²) in [7, 11) is 3.42. The fraction of sp³-hybridized carbons (Fsp3) is 0.367. The summed E-state index contributed by atoms with van der Waals surface area (Å²) in [5.74, 6) is 0.477. The second kappa shape index (κ2) is 11.1. The number of anilines is 1. The Morgan fingerprint density at radius 2 is 1.80 bits per heavy atom. The number of benzene rings is 2. The zero-order valence-electron chi connectivity index (χ0n) is 24.2. The molecule has 11 heteroatoms. The summed E-state index contributed by atoms with van der Waals surface area (Å²) in [5, 5.41) is 8.46. The van der Waals surface area contributed by atoms with E-state index < -0.39 is 5.60 Å². The number of aryl methyl sites for hydroxylation is 1. The van der Waals surface area contributed by atoms with Crippen LogP contribution in [0.2, 0.25) is 0 Å². The first-order chi connectivity index (χ1) is 19.5. The maximum atomic E-state index is 13.5. The van der Waals surface area contributed by atoms with E-state index in [2.05, 4.69) is 15.3 Å². The number of fused-ring (bicyclic) bond motifs is 1. The van der Waals surface area contributed by atoms with E-state index >= 15 is 0 Å². The summed E-state index contributed by atoms with van der Waals surface area (Å²) in [6, 6.07) is 13.0. The first-order valence-corrected chi connectivity index (χ1v) is 13.5. The average molecular weight is 558 g/mol. The normalized spacial score (nSPS) is 15.6. The third-order valence-corrected chi connectivity index (χ3v) is 6.87. The van der Waals surface area contributed by atoms with Crippen molar-refractivity contribution in [2.75, 3.05) is 32.1 Å². The molecule has 11 nitrogen and oxygen atoms in total. The Hall–Kier alpha value is -4.67. The van der Waals surface area contributed by atoms with Crippen LogP contribution in [0.15, 0.2) is 55.0 Å². The predicted molar refractivity (Wildman–Crippen MR) is 157 cm³/mol. The number of rotatable bonds is 4. The summed E-state index contributed by atoms with van der Waals surface area (Å²) in [5.41, 5.74) is 3.89. The van der Waals surface area contributed by atoms with Crippen LogP contribution in [0.4, 0.5) is 15.3 Å². The van der Waals surface area contributed by atoms with E-state index in [9.17, 15) is 9.59 Å². The van der Waals surface area contributed by atoms with Crippen molar-refractivity contribution < 1.29 is 19.1 Å². The summed E-state index contributed by atoms with van der Waals surface area (Å²) in [6.45, 7) is 8.54. The van der Waals surface area contributed by atoms with Gasteiger partial charge in [-0.15, -0.1) is 0 Å². The van der Waals surface area contributed by atoms with Gasteiger partial charge in [0.25, 0.3) is 0 Å². The fourth-order valence-corrected chi connectivity index (χ4v) is 4.97. The summed E-state index contributed by atoms with van der Waals surface area (Å²) in [4.78, 5) is 38.5. The van der Waals surface area contributed by atoms with Gasteiger partial charge in [0.2, 0.25) is 0 Å². The van der Waals surface area contributed by atoms with Crippen molar-refractivity contribution in [3.05, 3.63) is 55.0 Å². The monoisotopic (exact) mass is 557 g/mol. The van der Waals surface area contributed by atoms with Crippen molar-refractivity contribution >= 4 is 28.7 Å². The predicted octanol–water partition coefficient (Wildman–Crippen LogP) is 5.18. The third-order valence-electron chi connectivity index (χ3n) is 6.87. The SMILES string of the molecule is COc1cc2ncnc(-c3cn(C)nc3-c3ccccc3)c2cc1NC(=O)N1CCN(C(=O)OC(C)(C)C)C[C@@H]1C. The molecule has 1 N–H and O–H groups in total. The van der Waals surface area contributed by atoms with Crippen molar-refractivity contribution in [2.45, 2.75) is 39.3 Å². The van der Waals surface area contributed by atoms with Crippen molar-refractivity contribution in [3.8, 4) is 28.3 Å². The molecule has 0 aliphatic carbocycles. The lowest BCUT2D eigenvalue weighted by molar-refractivity contribution is 0.0112. The van der Waals surface area contributed by atoms with Gasteiger partial charge in [-0.1, -0.05) is 30.3 Å². The molecule has 0 radical (unpaired) electrons. The number of nitrogens with zero attached hydrogens (tertiary/aromatic N) is 6. The van der Waals surface area contributed by atoms with Gasteiger partial charge in [0.1, 0.15) is 23.4 Å². The lowest BCUT2D eigenvalue weighted by atomic mass is 10.0. The van der Waals surface area contributed by atoms with Gasteiger partial charge in [-0.05, 0) is 33.8 Å². The van der Waals surface area contributed by atoms with E-state index in [1.807, 2.05) is 77.3 Å². The number of amides is 3. The zero-order chi connectivity index (χ0) is 29.3. The molecule has 4 aromatic rings. The number of carbonyl (C=O) groups is 2. The van der Waals surface area contributed by atoms with Crippen LogP contribution < -0.4 is 10.1 Å². The van der Waals surface area contributed by atoms with Crippen LogP contribution in [-0.2, 0) is 11.8 Å². The van der Waals surface area contributed by atoms with E-state index in [-0.39, 0.29) is 18.2 Å². The van der Waals surface area contributed by atoms with Gasteiger partial charge in [-0.3, -0.25) is 4.68 Å². The molecule has 1 saturated heterocycles. The van der Waals surface area contributed by atoms with Gasteiger partial charge in [-0.2, -0.15) is 5.10 Å². The van der Waals surface area contributed by atoms with Gasteiger partial charge in [0.05, 0.1) is 24.0 Å². The third kappa shape index (κ3) is 5.93. The van der Waals surface area contributed by atoms with Crippen LogP contribution in [0, 0.1) is 0 Å². The number of methoxy groups -OCH3 is 1. The second-order valence-electron chi connectivity index (χ2n) is 11.1. The Morgan fingerprint density at radius 1 is 1.05 bits per heavy atom. The zero-order valence-corrected chi connectivity index (χ0v) is 24.2. The van der Waals surface area contributed by atoms with E-state index in [0.717, 1.165) is 22.2 Å². The fourth-order valence-electron chi connectivity index (χ4n) is 4.97. The van der Waals surface area contributed by atoms with Crippen molar-refractivity contribution in [3.63, 3.8) is 0 Å². The van der Waals surface area contributed by atoms with Gasteiger partial charge in [-0.25, -0.2) is 19.6 Å². The minimum atomic E-state index is -0.582. The second-order valence-corrected chi connectivity index (χ2v) is 11.1. The first kappa shape index (κ1) is 27.9. The number of hydrogen-bond donors (Lipinski definition) is 1. The Balaban J connectivity index is 1.43. The molecule has 5 rings (SSSR count). The van der Waals surface area contributed by atoms with E-state index in [1.165, 1.54) is 6.33 Å². The number of ether oxygens (including phenoxy) is 2. The molecule has 1 aliphatic heterocycles. The number of hydrogen-bond acceptors (Lipinski definition) is 7. The molecule has 0 saturated carbocycles. The molecule has 1 aliphatic rings. The molecule has 1 atom stereocenters. The molecule has 3 heterocycles. The Labute approximate surface area is 239 Å². The lowest BCUT2D eigenvalue weighted by Gasteiger charge is -2.40. The van der Waals surface area contributed by atoms with Crippen molar-refractivity contribution in [1.29, 1.82) is 0 Å². The van der Waals surface area contributed by atoms with Crippen LogP contribution in [0.1, 0.15) is 27.7 Å². The molecular weight excluding hydrogens is 522 g/mol. The number of piperazine rings is 1. The van der Waals surface area contributed by atoms with Gasteiger partial charge in [0, 0.05) is 61.5 Å². The lowest BCUT2D eigenvalue weighted by Crippen LogP contribution is -2.57. The Bertz CT molecular complexity index is 1580. The van der Waals surface area contributed by atoms with Gasteiger partial charge in [0.15, 0.2) is 0 Å². The molecule has 0 spiro atoms. The molecule has 1 fully saturated rings. The summed E-state index contributed by atoms with van der Waals surface area (Å²) >= 11 is 0. The van der Waals surface area contributed by atoms with Crippen molar-refractivity contribution in [1.82, 2.24) is 29.5 Å². The number of urea groups is 1. The molecule has 41 heavy (non-hydrogen) atoms. The topological polar surface area (TPSA) is 115 Å². The van der Waals surface area contributed by atoms with Crippen molar-refractivity contribution in [2.24, 2.45) is 7.05 Å². The highest BCUT2D eigenvalue weighted by atomic mass is 16.6. The summed E-state index contributed by atoms with van der Waals surface area (Å²) in [6.07, 6.45) is 3.07. The minimum Gasteiger partial charge on any atom is -0.494 e. The maximum absolute atomic E-state index is 13.5. The molecule has 0 unspecified atom stereocenters. The van der Waals surface area contributed by atoms with E-state index in [1.54, 1.807) is 27.7 Å². The Morgan fingerprint density at radius 3 is 2.49 bits per heavy atom. The maximum Gasteiger partial charge on any atom is 0.410 e. The number of aromatic nitrogens is 4. The first-order valence-electron chi connectivity index (χ1n) is 13.5. The Kier molecular flexibility index (Phi) is 7.53. The van der Waals surface area contributed by atoms with Gasteiger partial charge >= 0.3 is 12.1 Å².